The second-order valence-electron chi connectivity index (χ2n) is 5.53. The van der Waals surface area contributed by atoms with E-state index in [9.17, 15) is 9.18 Å². The molecule has 0 bridgehead atoms. The zero-order valence-corrected chi connectivity index (χ0v) is 13.0. The van der Waals surface area contributed by atoms with Gasteiger partial charge in [0, 0.05) is 20.4 Å². The Kier molecular flexibility index (Phi) is 4.29. The summed E-state index contributed by atoms with van der Waals surface area (Å²) in [5.41, 5.74) is 1.81. The molecular formula is C16H18FN3O3. The SMILES string of the molecule is COCc1nn(C)cc1C(=O)NC1COc2ccc(F)cc2C1. The lowest BCUT2D eigenvalue weighted by molar-refractivity contribution is 0.0910. The van der Waals surface area contributed by atoms with Crippen molar-refractivity contribution in [3.63, 3.8) is 0 Å². The first-order valence-corrected chi connectivity index (χ1v) is 7.30. The summed E-state index contributed by atoms with van der Waals surface area (Å²) in [5.74, 6) is 0.117. The van der Waals surface area contributed by atoms with Crippen LogP contribution in [-0.4, -0.2) is 35.4 Å². The van der Waals surface area contributed by atoms with E-state index in [0.29, 0.717) is 30.0 Å². The third-order valence-corrected chi connectivity index (χ3v) is 3.70. The van der Waals surface area contributed by atoms with Gasteiger partial charge < -0.3 is 14.8 Å². The van der Waals surface area contributed by atoms with Crippen LogP contribution in [0.15, 0.2) is 24.4 Å². The van der Waals surface area contributed by atoms with E-state index in [1.54, 1.807) is 31.1 Å². The van der Waals surface area contributed by atoms with Crippen molar-refractivity contribution in [1.82, 2.24) is 15.1 Å². The van der Waals surface area contributed by atoms with Crippen LogP contribution < -0.4 is 10.1 Å². The molecule has 1 aliphatic rings. The van der Waals surface area contributed by atoms with E-state index < -0.39 is 0 Å². The lowest BCUT2D eigenvalue weighted by Gasteiger charge is -2.26. The molecular weight excluding hydrogens is 301 g/mol. The molecule has 3 rings (SSSR count). The summed E-state index contributed by atoms with van der Waals surface area (Å²) in [6.45, 7) is 0.614. The monoisotopic (exact) mass is 319 g/mol. The summed E-state index contributed by atoms with van der Waals surface area (Å²) >= 11 is 0. The molecule has 1 amide bonds. The van der Waals surface area contributed by atoms with Gasteiger partial charge in [-0.25, -0.2) is 4.39 Å². The molecule has 1 aromatic carbocycles. The number of nitrogens with one attached hydrogen (secondary N) is 1. The molecule has 0 saturated carbocycles. The number of carbonyl (C=O) groups is 1. The number of fused-ring (bicyclic) bond motifs is 1. The number of ether oxygens (including phenoxy) is 2. The minimum Gasteiger partial charge on any atom is -0.491 e. The van der Waals surface area contributed by atoms with Gasteiger partial charge in [0.2, 0.25) is 0 Å². The maximum atomic E-state index is 13.3. The molecule has 2 aromatic rings. The van der Waals surface area contributed by atoms with Crippen molar-refractivity contribution in [2.45, 2.75) is 19.1 Å². The first kappa shape index (κ1) is 15.5. The summed E-state index contributed by atoms with van der Waals surface area (Å²) in [4.78, 5) is 12.5. The molecule has 1 aromatic heterocycles. The zero-order valence-electron chi connectivity index (χ0n) is 13.0. The van der Waals surface area contributed by atoms with Crippen LogP contribution in [0.3, 0.4) is 0 Å². The molecule has 0 saturated heterocycles. The fourth-order valence-electron chi connectivity index (χ4n) is 2.69. The van der Waals surface area contributed by atoms with Gasteiger partial charge in [-0.3, -0.25) is 9.48 Å². The Balaban J connectivity index is 1.72. The molecule has 2 heterocycles. The number of aryl methyl sites for hydroxylation is 1. The van der Waals surface area contributed by atoms with Gasteiger partial charge in [-0.2, -0.15) is 5.10 Å². The fraction of sp³-hybridized carbons (Fsp3) is 0.375. The minimum atomic E-state index is -0.311. The summed E-state index contributed by atoms with van der Waals surface area (Å²) in [7, 11) is 3.30. The van der Waals surface area contributed by atoms with Crippen LogP contribution in [0.5, 0.6) is 5.75 Å². The van der Waals surface area contributed by atoms with Crippen molar-refractivity contribution in [2.75, 3.05) is 13.7 Å². The van der Waals surface area contributed by atoms with E-state index in [4.69, 9.17) is 9.47 Å². The lowest BCUT2D eigenvalue weighted by Crippen LogP contribution is -2.42. The highest BCUT2D eigenvalue weighted by molar-refractivity contribution is 5.95. The van der Waals surface area contributed by atoms with Crippen molar-refractivity contribution in [3.8, 4) is 5.75 Å². The maximum Gasteiger partial charge on any atom is 0.255 e. The average Bonchev–Trinajstić information content (AvgIpc) is 2.88. The van der Waals surface area contributed by atoms with Crippen molar-refractivity contribution >= 4 is 5.91 Å². The molecule has 0 fully saturated rings. The van der Waals surface area contributed by atoms with E-state index >= 15 is 0 Å². The van der Waals surface area contributed by atoms with Gasteiger partial charge in [0.1, 0.15) is 23.9 Å². The summed E-state index contributed by atoms with van der Waals surface area (Å²) in [6, 6.07) is 4.20. The van der Waals surface area contributed by atoms with Gasteiger partial charge >= 0.3 is 0 Å². The zero-order chi connectivity index (χ0) is 16.4. The van der Waals surface area contributed by atoms with Crippen LogP contribution in [0.2, 0.25) is 0 Å². The molecule has 0 spiro atoms. The Morgan fingerprint density at radius 2 is 2.39 bits per heavy atom. The highest BCUT2D eigenvalue weighted by Crippen LogP contribution is 2.25. The normalized spacial score (nSPS) is 16.6. The molecule has 23 heavy (non-hydrogen) atoms. The number of halogens is 1. The molecule has 0 radical (unpaired) electrons. The fourth-order valence-corrected chi connectivity index (χ4v) is 2.69. The van der Waals surface area contributed by atoms with E-state index in [-0.39, 0.29) is 24.4 Å². The summed E-state index contributed by atoms with van der Waals surface area (Å²) in [6.07, 6.45) is 2.18. The molecule has 6 nitrogen and oxygen atoms in total. The first-order valence-electron chi connectivity index (χ1n) is 7.30. The Bertz CT molecular complexity index is 729. The van der Waals surface area contributed by atoms with Gasteiger partial charge in [0.15, 0.2) is 0 Å². The number of hydrogen-bond donors (Lipinski definition) is 1. The molecule has 1 unspecified atom stereocenters. The van der Waals surface area contributed by atoms with Gasteiger partial charge in [-0.05, 0) is 30.2 Å². The predicted molar refractivity (Wildman–Crippen MR) is 80.8 cm³/mol. The predicted octanol–water partition coefficient (Wildman–Crippen LogP) is 1.44. The molecule has 0 aliphatic carbocycles. The Morgan fingerprint density at radius 3 is 3.17 bits per heavy atom. The Morgan fingerprint density at radius 1 is 1.57 bits per heavy atom. The minimum absolute atomic E-state index is 0.215. The number of aromatic nitrogens is 2. The summed E-state index contributed by atoms with van der Waals surface area (Å²) in [5, 5.41) is 7.12. The van der Waals surface area contributed by atoms with Crippen molar-refractivity contribution in [1.29, 1.82) is 0 Å². The second kappa shape index (κ2) is 6.37. The first-order chi connectivity index (χ1) is 11.1. The highest BCUT2D eigenvalue weighted by Gasteiger charge is 2.24. The van der Waals surface area contributed by atoms with Crippen LogP contribution in [0.1, 0.15) is 21.6 Å². The van der Waals surface area contributed by atoms with Gasteiger partial charge in [-0.15, -0.1) is 0 Å². The lowest BCUT2D eigenvalue weighted by atomic mass is 10.0. The average molecular weight is 319 g/mol. The van der Waals surface area contributed by atoms with Crippen LogP contribution in [0.25, 0.3) is 0 Å². The van der Waals surface area contributed by atoms with Gasteiger partial charge in [0.25, 0.3) is 5.91 Å². The van der Waals surface area contributed by atoms with Crippen LogP contribution in [0.4, 0.5) is 4.39 Å². The van der Waals surface area contributed by atoms with Crippen molar-refractivity contribution in [3.05, 3.63) is 47.0 Å². The topological polar surface area (TPSA) is 65.4 Å². The number of hydrogen-bond acceptors (Lipinski definition) is 4. The molecule has 1 N–H and O–H groups in total. The van der Waals surface area contributed by atoms with Crippen LogP contribution >= 0.6 is 0 Å². The van der Waals surface area contributed by atoms with Crippen LogP contribution in [0, 0.1) is 5.82 Å². The number of benzene rings is 1. The van der Waals surface area contributed by atoms with E-state index in [2.05, 4.69) is 10.4 Å². The van der Waals surface area contributed by atoms with Crippen LogP contribution in [-0.2, 0) is 24.8 Å². The molecule has 1 aliphatic heterocycles. The van der Waals surface area contributed by atoms with Gasteiger partial charge in [-0.1, -0.05) is 0 Å². The summed E-state index contributed by atoms with van der Waals surface area (Å²) < 4.78 is 25.5. The smallest absolute Gasteiger partial charge is 0.255 e. The number of carbonyl (C=O) groups excluding carboxylic acids is 1. The van der Waals surface area contributed by atoms with Crippen molar-refractivity contribution in [2.24, 2.45) is 7.05 Å². The Hall–Kier alpha value is -2.41. The maximum absolute atomic E-state index is 13.3. The third-order valence-electron chi connectivity index (χ3n) is 3.70. The van der Waals surface area contributed by atoms with E-state index in [1.165, 1.54) is 12.1 Å². The number of rotatable bonds is 4. The highest BCUT2D eigenvalue weighted by atomic mass is 19.1. The molecule has 1 atom stereocenters. The number of nitrogens with zero attached hydrogens (tertiary/aromatic N) is 2. The third kappa shape index (κ3) is 3.34. The quantitative estimate of drug-likeness (QED) is 0.926. The van der Waals surface area contributed by atoms with Gasteiger partial charge in [0.05, 0.1) is 18.2 Å². The van der Waals surface area contributed by atoms with Crippen molar-refractivity contribution < 1.29 is 18.7 Å². The largest absolute Gasteiger partial charge is 0.491 e. The molecule has 7 heteroatoms. The van der Waals surface area contributed by atoms with E-state index in [0.717, 1.165) is 5.56 Å². The standard InChI is InChI=1S/C16H18FN3O3/c1-20-7-13(14(19-20)9-22-2)16(21)18-12-6-10-5-11(17)3-4-15(10)23-8-12/h3-5,7,12H,6,8-9H2,1-2H3,(H,18,21). The number of amides is 1. The Labute approximate surface area is 133 Å². The second-order valence-corrected chi connectivity index (χ2v) is 5.53. The molecule has 122 valence electrons. The van der Waals surface area contributed by atoms with E-state index in [1.807, 2.05) is 0 Å². The number of methoxy groups -OCH3 is 1.